The molecule has 1 atom stereocenters. The molecule has 0 saturated heterocycles. The number of fused-ring (bicyclic) bond motifs is 4. The van der Waals surface area contributed by atoms with Gasteiger partial charge in [0.2, 0.25) is 0 Å². The molecule has 182 valence electrons. The van der Waals surface area contributed by atoms with Crippen molar-refractivity contribution in [3.8, 4) is 16.9 Å². The Morgan fingerprint density at radius 3 is 2.49 bits per heavy atom. The van der Waals surface area contributed by atoms with Crippen molar-refractivity contribution in [2.24, 2.45) is 0 Å². The SMILES string of the molecule is COCCCCNc1ccc2c(c1)CC(CNC(=O)OCC1c3ccccc3-c3ccccc31)O2. The van der Waals surface area contributed by atoms with Crippen LogP contribution in [0.1, 0.15) is 35.4 Å². The number of rotatable bonds is 10. The van der Waals surface area contributed by atoms with E-state index in [1.54, 1.807) is 7.11 Å². The molecule has 1 aliphatic heterocycles. The van der Waals surface area contributed by atoms with Crippen LogP contribution < -0.4 is 15.4 Å². The molecule has 5 rings (SSSR count). The highest BCUT2D eigenvalue weighted by molar-refractivity contribution is 5.79. The van der Waals surface area contributed by atoms with Crippen LogP contribution in [-0.4, -0.2) is 45.6 Å². The van der Waals surface area contributed by atoms with E-state index in [2.05, 4.69) is 41.0 Å². The van der Waals surface area contributed by atoms with E-state index >= 15 is 0 Å². The second-order valence-electron chi connectivity index (χ2n) is 9.10. The van der Waals surface area contributed by atoms with Crippen LogP contribution in [-0.2, 0) is 15.9 Å². The summed E-state index contributed by atoms with van der Waals surface area (Å²) in [5.41, 5.74) is 7.11. The van der Waals surface area contributed by atoms with Crippen molar-refractivity contribution >= 4 is 11.8 Å². The highest BCUT2D eigenvalue weighted by atomic mass is 16.5. The summed E-state index contributed by atoms with van der Waals surface area (Å²) in [6.07, 6.45) is 2.36. The maximum Gasteiger partial charge on any atom is 0.407 e. The van der Waals surface area contributed by atoms with Crippen molar-refractivity contribution in [1.29, 1.82) is 0 Å². The second-order valence-corrected chi connectivity index (χ2v) is 9.10. The van der Waals surface area contributed by atoms with E-state index in [0.29, 0.717) is 13.2 Å². The summed E-state index contributed by atoms with van der Waals surface area (Å²) in [6, 6.07) is 22.8. The lowest BCUT2D eigenvalue weighted by atomic mass is 9.98. The van der Waals surface area contributed by atoms with Gasteiger partial charge in [-0.05, 0) is 58.9 Å². The van der Waals surface area contributed by atoms with Gasteiger partial charge in [-0.1, -0.05) is 48.5 Å². The Kier molecular flexibility index (Phi) is 7.19. The van der Waals surface area contributed by atoms with Gasteiger partial charge in [0, 0.05) is 38.3 Å². The molecule has 1 amide bonds. The van der Waals surface area contributed by atoms with E-state index in [-0.39, 0.29) is 12.0 Å². The molecule has 35 heavy (non-hydrogen) atoms. The summed E-state index contributed by atoms with van der Waals surface area (Å²) in [5, 5.41) is 6.34. The van der Waals surface area contributed by atoms with Gasteiger partial charge in [0.1, 0.15) is 18.5 Å². The third-order valence-electron chi connectivity index (χ3n) is 6.72. The largest absolute Gasteiger partial charge is 0.488 e. The average Bonchev–Trinajstić information content (AvgIpc) is 3.44. The molecule has 6 nitrogen and oxygen atoms in total. The lowest BCUT2D eigenvalue weighted by Gasteiger charge is -2.16. The lowest BCUT2D eigenvalue weighted by molar-refractivity contribution is 0.136. The second kappa shape index (κ2) is 10.8. The minimum atomic E-state index is -0.412. The van der Waals surface area contributed by atoms with Crippen molar-refractivity contribution in [3.05, 3.63) is 83.4 Å². The minimum absolute atomic E-state index is 0.0561. The average molecular weight is 473 g/mol. The van der Waals surface area contributed by atoms with Gasteiger partial charge in [0.05, 0.1) is 6.54 Å². The number of alkyl carbamates (subject to hydrolysis) is 1. The van der Waals surface area contributed by atoms with Crippen LogP contribution in [0, 0.1) is 0 Å². The van der Waals surface area contributed by atoms with Gasteiger partial charge in [0.15, 0.2) is 0 Å². The van der Waals surface area contributed by atoms with Crippen molar-refractivity contribution in [2.75, 3.05) is 38.7 Å². The van der Waals surface area contributed by atoms with Gasteiger partial charge >= 0.3 is 6.09 Å². The van der Waals surface area contributed by atoms with Crippen LogP contribution >= 0.6 is 0 Å². The van der Waals surface area contributed by atoms with Gasteiger partial charge in [-0.3, -0.25) is 0 Å². The fraction of sp³-hybridized carbons (Fsp3) is 0.345. The molecule has 2 N–H and O–H groups in total. The van der Waals surface area contributed by atoms with E-state index < -0.39 is 6.09 Å². The first-order valence-corrected chi connectivity index (χ1v) is 12.3. The third-order valence-corrected chi connectivity index (χ3v) is 6.72. The van der Waals surface area contributed by atoms with Crippen LogP contribution in [0.25, 0.3) is 11.1 Å². The van der Waals surface area contributed by atoms with Crippen LogP contribution in [0.4, 0.5) is 10.5 Å². The van der Waals surface area contributed by atoms with E-state index in [9.17, 15) is 4.79 Å². The number of carbonyl (C=O) groups is 1. The first-order chi connectivity index (χ1) is 17.2. The molecular weight excluding hydrogens is 440 g/mol. The molecular formula is C29H32N2O4. The minimum Gasteiger partial charge on any atom is -0.488 e. The number of nitrogens with one attached hydrogen (secondary N) is 2. The highest BCUT2D eigenvalue weighted by Crippen LogP contribution is 2.44. The molecule has 0 saturated carbocycles. The number of unbranched alkanes of at least 4 members (excludes halogenated alkanes) is 1. The van der Waals surface area contributed by atoms with Crippen molar-refractivity contribution in [2.45, 2.75) is 31.3 Å². The zero-order chi connectivity index (χ0) is 24.0. The number of carbonyl (C=O) groups excluding carboxylic acids is 1. The number of amides is 1. The van der Waals surface area contributed by atoms with Gasteiger partial charge < -0.3 is 24.8 Å². The lowest BCUT2D eigenvalue weighted by Crippen LogP contribution is -2.35. The molecule has 3 aromatic rings. The monoisotopic (exact) mass is 472 g/mol. The Labute approximate surface area is 206 Å². The fourth-order valence-corrected chi connectivity index (χ4v) is 4.99. The summed E-state index contributed by atoms with van der Waals surface area (Å²) in [5.74, 6) is 0.940. The number of methoxy groups -OCH3 is 1. The summed E-state index contributed by atoms with van der Waals surface area (Å²) in [6.45, 7) is 2.42. The Bertz CT molecular complexity index is 1130. The Morgan fingerprint density at radius 2 is 1.74 bits per heavy atom. The summed E-state index contributed by atoms with van der Waals surface area (Å²) < 4.78 is 16.8. The first-order valence-electron chi connectivity index (χ1n) is 12.3. The Balaban J connectivity index is 1.09. The molecule has 3 aromatic carbocycles. The highest BCUT2D eigenvalue weighted by Gasteiger charge is 2.29. The Hall–Kier alpha value is -3.51. The summed E-state index contributed by atoms with van der Waals surface area (Å²) >= 11 is 0. The van der Waals surface area contributed by atoms with E-state index in [1.165, 1.54) is 22.3 Å². The number of hydrogen-bond donors (Lipinski definition) is 2. The number of anilines is 1. The summed E-state index contributed by atoms with van der Waals surface area (Å²) in [4.78, 5) is 12.5. The van der Waals surface area contributed by atoms with E-state index in [1.807, 2.05) is 36.4 Å². The van der Waals surface area contributed by atoms with Crippen molar-refractivity contribution < 1.29 is 19.0 Å². The predicted octanol–water partition coefficient (Wildman–Crippen LogP) is 5.37. The normalized spacial score (nSPS) is 15.6. The molecule has 6 heteroatoms. The van der Waals surface area contributed by atoms with Gasteiger partial charge in [-0.25, -0.2) is 4.79 Å². The number of ether oxygens (including phenoxy) is 3. The standard InChI is InChI=1S/C29H32N2O4/c1-33-15-7-6-14-30-21-12-13-28-20(16-21)17-22(35-28)18-31-29(32)34-19-27-25-10-4-2-8-23(25)24-9-3-5-11-26(24)27/h2-5,8-13,16,22,27,30H,6-7,14-15,17-19H2,1H3,(H,31,32). The topological polar surface area (TPSA) is 68.8 Å². The first kappa shape index (κ1) is 23.2. The molecule has 2 aliphatic rings. The van der Waals surface area contributed by atoms with Crippen LogP contribution in [0.5, 0.6) is 5.75 Å². The molecule has 1 aliphatic carbocycles. The molecule has 1 heterocycles. The smallest absolute Gasteiger partial charge is 0.407 e. The Morgan fingerprint density at radius 1 is 1.00 bits per heavy atom. The molecule has 0 bridgehead atoms. The third kappa shape index (κ3) is 5.28. The van der Waals surface area contributed by atoms with E-state index in [4.69, 9.17) is 14.2 Å². The maximum absolute atomic E-state index is 12.5. The quantitative estimate of drug-likeness (QED) is 0.389. The van der Waals surface area contributed by atoms with Crippen LogP contribution in [0.15, 0.2) is 66.7 Å². The predicted molar refractivity (Wildman–Crippen MR) is 137 cm³/mol. The molecule has 0 aromatic heterocycles. The van der Waals surface area contributed by atoms with E-state index in [0.717, 1.165) is 49.4 Å². The fourth-order valence-electron chi connectivity index (χ4n) is 4.99. The van der Waals surface area contributed by atoms with Crippen LogP contribution in [0.3, 0.4) is 0 Å². The molecule has 0 radical (unpaired) electrons. The molecule has 0 spiro atoms. The van der Waals surface area contributed by atoms with Crippen molar-refractivity contribution in [3.63, 3.8) is 0 Å². The van der Waals surface area contributed by atoms with Gasteiger partial charge in [0.25, 0.3) is 0 Å². The van der Waals surface area contributed by atoms with Crippen LogP contribution in [0.2, 0.25) is 0 Å². The zero-order valence-corrected chi connectivity index (χ0v) is 20.1. The number of benzene rings is 3. The van der Waals surface area contributed by atoms with Gasteiger partial charge in [-0.15, -0.1) is 0 Å². The van der Waals surface area contributed by atoms with Crippen molar-refractivity contribution in [1.82, 2.24) is 5.32 Å². The number of hydrogen-bond acceptors (Lipinski definition) is 5. The maximum atomic E-state index is 12.5. The molecule has 1 unspecified atom stereocenters. The van der Waals surface area contributed by atoms with Gasteiger partial charge in [-0.2, -0.15) is 0 Å². The molecule has 0 fully saturated rings. The zero-order valence-electron chi connectivity index (χ0n) is 20.1. The summed E-state index contributed by atoms with van der Waals surface area (Å²) in [7, 11) is 1.73.